The van der Waals surface area contributed by atoms with Gasteiger partial charge in [0.2, 0.25) is 0 Å². The molecule has 0 aromatic heterocycles. The van der Waals surface area contributed by atoms with Gasteiger partial charge in [-0.05, 0) is 30.7 Å². The predicted octanol–water partition coefficient (Wildman–Crippen LogP) is 4.11. The second-order valence-electron chi connectivity index (χ2n) is 5.13. The molecule has 2 rings (SSSR count). The standard InChI is InChI=1S/C18H16F3NO4/c1-2-26-22-16(17(23)24)15-9-4-3-6-12(15)11-25-14-8-5-7-13(10-14)18(19,20)21/h3-10H,2,11H2,1H3,(H,23,24). The van der Waals surface area contributed by atoms with Gasteiger partial charge in [-0.25, -0.2) is 4.79 Å². The van der Waals surface area contributed by atoms with Gasteiger partial charge in [0.05, 0.1) is 5.56 Å². The first-order chi connectivity index (χ1) is 12.3. The van der Waals surface area contributed by atoms with Crippen LogP contribution in [0.25, 0.3) is 0 Å². The van der Waals surface area contributed by atoms with E-state index in [2.05, 4.69) is 5.16 Å². The first kappa shape index (κ1) is 19.3. The van der Waals surface area contributed by atoms with Crippen LogP contribution in [-0.2, 0) is 22.4 Å². The van der Waals surface area contributed by atoms with E-state index in [-0.39, 0.29) is 30.2 Å². The maximum absolute atomic E-state index is 12.8. The van der Waals surface area contributed by atoms with Crippen LogP contribution in [0.15, 0.2) is 53.7 Å². The Kier molecular flexibility index (Phi) is 6.21. The molecule has 0 aliphatic heterocycles. The van der Waals surface area contributed by atoms with Crippen molar-refractivity contribution < 1.29 is 32.6 Å². The van der Waals surface area contributed by atoms with Crippen molar-refractivity contribution in [2.24, 2.45) is 5.16 Å². The van der Waals surface area contributed by atoms with Crippen LogP contribution in [0, 0.1) is 0 Å². The molecule has 2 aromatic carbocycles. The molecule has 138 valence electrons. The molecule has 0 saturated carbocycles. The molecule has 2 aromatic rings. The molecule has 0 spiro atoms. The summed E-state index contributed by atoms with van der Waals surface area (Å²) >= 11 is 0. The Morgan fingerprint density at radius 1 is 1.15 bits per heavy atom. The van der Waals surface area contributed by atoms with E-state index >= 15 is 0 Å². The lowest BCUT2D eigenvalue weighted by atomic mass is 10.0. The van der Waals surface area contributed by atoms with E-state index in [4.69, 9.17) is 9.57 Å². The van der Waals surface area contributed by atoms with Crippen LogP contribution in [0.4, 0.5) is 13.2 Å². The number of ether oxygens (including phenoxy) is 1. The van der Waals surface area contributed by atoms with Crippen molar-refractivity contribution in [2.75, 3.05) is 6.61 Å². The fraction of sp³-hybridized carbons (Fsp3) is 0.222. The molecule has 0 fully saturated rings. The van der Waals surface area contributed by atoms with Crippen LogP contribution in [0.3, 0.4) is 0 Å². The summed E-state index contributed by atoms with van der Waals surface area (Å²) in [6, 6.07) is 10.9. The van der Waals surface area contributed by atoms with Crippen molar-refractivity contribution >= 4 is 11.7 Å². The maximum Gasteiger partial charge on any atom is 0.416 e. The van der Waals surface area contributed by atoms with Crippen molar-refractivity contribution in [3.05, 3.63) is 65.2 Å². The normalized spacial score (nSPS) is 11.9. The van der Waals surface area contributed by atoms with Gasteiger partial charge in [0, 0.05) is 5.56 Å². The highest BCUT2D eigenvalue weighted by Crippen LogP contribution is 2.31. The number of carbonyl (C=O) groups is 1. The zero-order chi connectivity index (χ0) is 19.2. The van der Waals surface area contributed by atoms with Crippen LogP contribution in [0.2, 0.25) is 0 Å². The number of aliphatic carboxylic acids is 1. The van der Waals surface area contributed by atoms with Crippen LogP contribution in [-0.4, -0.2) is 23.4 Å². The second-order valence-corrected chi connectivity index (χ2v) is 5.13. The fourth-order valence-electron chi connectivity index (χ4n) is 2.13. The summed E-state index contributed by atoms with van der Waals surface area (Å²) in [4.78, 5) is 16.2. The van der Waals surface area contributed by atoms with Crippen molar-refractivity contribution in [1.29, 1.82) is 0 Å². The average Bonchev–Trinajstić information content (AvgIpc) is 2.60. The number of halogens is 3. The lowest BCUT2D eigenvalue weighted by Crippen LogP contribution is -2.18. The van der Waals surface area contributed by atoms with Crippen molar-refractivity contribution in [2.45, 2.75) is 19.7 Å². The summed E-state index contributed by atoms with van der Waals surface area (Å²) < 4.78 is 43.7. The quantitative estimate of drug-likeness (QED) is 0.591. The van der Waals surface area contributed by atoms with Gasteiger partial charge in [-0.2, -0.15) is 13.2 Å². The Bertz CT molecular complexity index is 803. The van der Waals surface area contributed by atoms with Crippen molar-refractivity contribution in [1.82, 2.24) is 0 Å². The molecule has 0 bridgehead atoms. The minimum Gasteiger partial charge on any atom is -0.489 e. The van der Waals surface area contributed by atoms with Crippen molar-refractivity contribution in [3.8, 4) is 5.75 Å². The second kappa shape index (κ2) is 8.37. The van der Waals surface area contributed by atoms with E-state index in [1.165, 1.54) is 18.2 Å². The Balaban J connectivity index is 2.25. The third-order valence-electron chi connectivity index (χ3n) is 3.32. The van der Waals surface area contributed by atoms with E-state index in [0.29, 0.717) is 5.56 Å². The Labute approximate surface area is 147 Å². The van der Waals surface area contributed by atoms with Crippen LogP contribution in [0.1, 0.15) is 23.6 Å². The highest BCUT2D eigenvalue weighted by atomic mass is 19.4. The maximum atomic E-state index is 12.8. The average molecular weight is 367 g/mol. The number of oxime groups is 1. The molecule has 1 N–H and O–H groups in total. The highest BCUT2D eigenvalue weighted by Gasteiger charge is 2.30. The first-order valence-corrected chi connectivity index (χ1v) is 7.64. The number of alkyl halides is 3. The minimum atomic E-state index is -4.47. The molecule has 0 saturated heterocycles. The predicted molar refractivity (Wildman–Crippen MR) is 88.0 cm³/mol. The van der Waals surface area contributed by atoms with Gasteiger partial charge in [-0.15, -0.1) is 0 Å². The molecule has 0 radical (unpaired) electrons. The number of carboxylic acids is 1. The molecular weight excluding hydrogens is 351 g/mol. The molecule has 8 heteroatoms. The largest absolute Gasteiger partial charge is 0.489 e. The third-order valence-corrected chi connectivity index (χ3v) is 3.32. The summed E-state index contributed by atoms with van der Waals surface area (Å²) in [5.74, 6) is -1.27. The molecule has 0 aliphatic rings. The van der Waals surface area contributed by atoms with E-state index < -0.39 is 17.7 Å². The number of carboxylic acid groups (broad SMARTS) is 1. The van der Waals surface area contributed by atoms with E-state index in [0.717, 1.165) is 12.1 Å². The Morgan fingerprint density at radius 3 is 2.54 bits per heavy atom. The minimum absolute atomic E-state index is 0.0215. The van der Waals surface area contributed by atoms with E-state index in [1.54, 1.807) is 25.1 Å². The van der Waals surface area contributed by atoms with Gasteiger partial charge in [0.25, 0.3) is 0 Å². The lowest BCUT2D eigenvalue weighted by Gasteiger charge is -2.12. The zero-order valence-electron chi connectivity index (χ0n) is 13.8. The van der Waals surface area contributed by atoms with Gasteiger partial charge in [-0.3, -0.25) is 0 Å². The summed E-state index contributed by atoms with van der Waals surface area (Å²) in [5, 5.41) is 12.9. The van der Waals surface area contributed by atoms with E-state index in [9.17, 15) is 23.1 Å². The monoisotopic (exact) mass is 367 g/mol. The van der Waals surface area contributed by atoms with Crippen LogP contribution in [0.5, 0.6) is 5.75 Å². The number of hydrogen-bond acceptors (Lipinski definition) is 4. The topological polar surface area (TPSA) is 68.1 Å². The van der Waals surface area contributed by atoms with Gasteiger partial charge < -0.3 is 14.7 Å². The molecule has 0 heterocycles. The number of hydrogen-bond donors (Lipinski definition) is 1. The molecule has 0 unspecified atom stereocenters. The van der Waals surface area contributed by atoms with Gasteiger partial charge in [0.15, 0.2) is 5.71 Å². The number of rotatable bonds is 7. The summed E-state index contributed by atoms with van der Waals surface area (Å²) in [6.07, 6.45) is -4.47. The molecule has 0 atom stereocenters. The Hall–Kier alpha value is -3.03. The summed E-state index contributed by atoms with van der Waals surface area (Å²) in [7, 11) is 0. The fourth-order valence-corrected chi connectivity index (χ4v) is 2.13. The van der Waals surface area contributed by atoms with Gasteiger partial charge in [-0.1, -0.05) is 35.5 Å². The molecule has 26 heavy (non-hydrogen) atoms. The first-order valence-electron chi connectivity index (χ1n) is 7.64. The van der Waals surface area contributed by atoms with E-state index in [1.807, 2.05) is 0 Å². The van der Waals surface area contributed by atoms with Crippen LogP contribution >= 0.6 is 0 Å². The SMILES string of the molecule is CCON=C(C(=O)O)c1ccccc1COc1cccc(C(F)(F)F)c1. The number of nitrogens with zero attached hydrogens (tertiary/aromatic N) is 1. The molecule has 0 amide bonds. The molecule has 0 aliphatic carbocycles. The zero-order valence-corrected chi connectivity index (χ0v) is 13.8. The number of benzene rings is 2. The molecular formula is C18H16F3NO4. The van der Waals surface area contributed by atoms with Crippen molar-refractivity contribution in [3.63, 3.8) is 0 Å². The Morgan fingerprint density at radius 2 is 1.88 bits per heavy atom. The summed E-state index contributed by atoms with van der Waals surface area (Å²) in [5.41, 5.74) is -0.422. The van der Waals surface area contributed by atoms with Gasteiger partial charge >= 0.3 is 12.1 Å². The highest BCUT2D eigenvalue weighted by molar-refractivity contribution is 6.42. The smallest absolute Gasteiger partial charge is 0.416 e. The lowest BCUT2D eigenvalue weighted by molar-refractivity contribution is -0.137. The molecule has 5 nitrogen and oxygen atoms in total. The summed E-state index contributed by atoms with van der Waals surface area (Å²) in [6.45, 7) is 1.72. The van der Waals surface area contributed by atoms with Crippen LogP contribution < -0.4 is 4.74 Å². The van der Waals surface area contributed by atoms with Gasteiger partial charge in [0.1, 0.15) is 19.0 Å². The third kappa shape index (κ3) is 4.98.